The van der Waals surface area contributed by atoms with Gasteiger partial charge in [0.1, 0.15) is 0 Å². The van der Waals surface area contributed by atoms with Crippen molar-refractivity contribution in [1.82, 2.24) is 0 Å². The minimum atomic E-state index is 0.523. The predicted octanol–water partition coefficient (Wildman–Crippen LogP) is 4.59. The molecular weight excluding hydrogens is 251 g/mol. The Morgan fingerprint density at radius 1 is 0.882 bits per heavy atom. The third-order valence-electron chi connectivity index (χ3n) is 2.31. The lowest BCUT2D eigenvalue weighted by Gasteiger charge is -1.97. The van der Waals surface area contributed by atoms with Gasteiger partial charge in [0.2, 0.25) is 0 Å². The highest BCUT2D eigenvalue weighted by Crippen LogP contribution is 2.24. The smallest absolute Gasteiger partial charge is 0.0748 e. The van der Waals surface area contributed by atoms with Crippen LogP contribution in [0.4, 0.5) is 0 Å². The average molecular weight is 261 g/mol. The van der Waals surface area contributed by atoms with Gasteiger partial charge in [-0.05, 0) is 17.7 Å². The molecule has 0 saturated carbocycles. The van der Waals surface area contributed by atoms with Crippen LogP contribution in [0.25, 0.3) is 0 Å². The molecule has 2 aromatic rings. The van der Waals surface area contributed by atoms with Crippen molar-refractivity contribution < 1.29 is 0 Å². The molecular formula is C15H10Cl2. The van der Waals surface area contributed by atoms with Gasteiger partial charge < -0.3 is 0 Å². The summed E-state index contributed by atoms with van der Waals surface area (Å²) in [5.41, 5.74) is 1.97. The van der Waals surface area contributed by atoms with Crippen LogP contribution in [0.3, 0.4) is 0 Å². The van der Waals surface area contributed by atoms with E-state index in [-0.39, 0.29) is 0 Å². The molecule has 0 unspecified atom stereocenters. The van der Waals surface area contributed by atoms with Crippen LogP contribution in [-0.2, 0) is 6.42 Å². The van der Waals surface area contributed by atoms with Gasteiger partial charge in [-0.15, -0.1) is 0 Å². The molecule has 2 aromatic carbocycles. The standard InChI is InChI=1S/C15H10Cl2/c16-14-11-5-10-13(15(14)17)9-4-8-12-6-2-1-3-7-12/h1-3,5-7,10-11H,8H2. The molecule has 0 N–H and O–H groups in total. The first-order chi connectivity index (χ1) is 8.27. The molecule has 0 aliphatic carbocycles. The molecule has 0 aliphatic heterocycles. The number of halogens is 2. The summed E-state index contributed by atoms with van der Waals surface area (Å²) in [5, 5.41) is 1.06. The van der Waals surface area contributed by atoms with Crippen molar-refractivity contribution in [3.05, 3.63) is 69.7 Å². The third kappa shape index (κ3) is 3.27. The largest absolute Gasteiger partial charge is 0.0930 e. The van der Waals surface area contributed by atoms with Crippen molar-refractivity contribution in [3.63, 3.8) is 0 Å². The first-order valence-corrected chi connectivity index (χ1v) is 6.00. The molecule has 0 bridgehead atoms. The number of hydrogen-bond donors (Lipinski definition) is 0. The van der Waals surface area contributed by atoms with Crippen LogP contribution in [0.15, 0.2) is 48.5 Å². The molecule has 2 heteroatoms. The molecule has 2 rings (SSSR count). The lowest BCUT2D eigenvalue weighted by atomic mass is 10.1. The molecule has 0 aromatic heterocycles. The molecule has 0 heterocycles. The van der Waals surface area contributed by atoms with Crippen LogP contribution in [-0.4, -0.2) is 0 Å². The fraction of sp³-hybridized carbons (Fsp3) is 0.0667. The molecule has 0 saturated heterocycles. The Morgan fingerprint density at radius 3 is 2.41 bits per heavy atom. The monoisotopic (exact) mass is 260 g/mol. The van der Waals surface area contributed by atoms with Crippen molar-refractivity contribution in [2.24, 2.45) is 0 Å². The Hall–Kier alpha value is -1.42. The van der Waals surface area contributed by atoms with E-state index >= 15 is 0 Å². The number of rotatable bonds is 1. The zero-order valence-corrected chi connectivity index (χ0v) is 10.6. The minimum absolute atomic E-state index is 0.523. The lowest BCUT2D eigenvalue weighted by molar-refractivity contribution is 1.32. The maximum absolute atomic E-state index is 6.04. The summed E-state index contributed by atoms with van der Waals surface area (Å²) in [6.45, 7) is 0. The Balaban J connectivity index is 2.15. The fourth-order valence-electron chi connectivity index (χ4n) is 1.44. The zero-order chi connectivity index (χ0) is 12.1. The zero-order valence-electron chi connectivity index (χ0n) is 9.08. The summed E-state index contributed by atoms with van der Waals surface area (Å²) in [5.74, 6) is 6.13. The fourth-order valence-corrected chi connectivity index (χ4v) is 1.79. The quantitative estimate of drug-likeness (QED) is 0.659. The summed E-state index contributed by atoms with van der Waals surface area (Å²) < 4.78 is 0. The highest BCUT2D eigenvalue weighted by Gasteiger charge is 2.00. The first-order valence-electron chi connectivity index (χ1n) is 5.24. The number of benzene rings is 2. The molecule has 0 nitrogen and oxygen atoms in total. The second-order valence-corrected chi connectivity index (χ2v) is 4.35. The first kappa shape index (κ1) is 12.0. The van der Waals surface area contributed by atoms with E-state index in [4.69, 9.17) is 23.2 Å². The van der Waals surface area contributed by atoms with E-state index in [2.05, 4.69) is 11.8 Å². The highest BCUT2D eigenvalue weighted by molar-refractivity contribution is 6.42. The van der Waals surface area contributed by atoms with Crippen molar-refractivity contribution >= 4 is 23.2 Å². The molecule has 0 atom stereocenters. The summed E-state index contributed by atoms with van der Waals surface area (Å²) in [6.07, 6.45) is 0.712. The van der Waals surface area contributed by atoms with Gasteiger partial charge in [-0.2, -0.15) is 0 Å². The topological polar surface area (TPSA) is 0 Å². The average Bonchev–Trinajstić information content (AvgIpc) is 2.36. The summed E-state index contributed by atoms with van der Waals surface area (Å²) >= 11 is 12.0. The number of hydrogen-bond acceptors (Lipinski definition) is 0. The van der Waals surface area contributed by atoms with Crippen molar-refractivity contribution in [3.8, 4) is 11.8 Å². The third-order valence-corrected chi connectivity index (χ3v) is 3.13. The van der Waals surface area contributed by atoms with Crippen LogP contribution < -0.4 is 0 Å². The van der Waals surface area contributed by atoms with Crippen LogP contribution in [0, 0.1) is 11.8 Å². The van der Waals surface area contributed by atoms with Crippen molar-refractivity contribution in [2.45, 2.75) is 6.42 Å². The summed E-state index contributed by atoms with van der Waals surface area (Å²) in [6, 6.07) is 15.6. The Bertz CT molecular complexity index is 562. The Labute approximate surface area is 111 Å². The highest BCUT2D eigenvalue weighted by atomic mass is 35.5. The van der Waals surface area contributed by atoms with Crippen LogP contribution in [0.2, 0.25) is 10.0 Å². The van der Waals surface area contributed by atoms with Crippen LogP contribution in [0.5, 0.6) is 0 Å². The molecule has 84 valence electrons. The van der Waals surface area contributed by atoms with Gasteiger partial charge in [0.05, 0.1) is 10.0 Å². The summed E-state index contributed by atoms with van der Waals surface area (Å²) in [4.78, 5) is 0. The Kier molecular flexibility index (Phi) is 4.09. The Morgan fingerprint density at radius 2 is 1.65 bits per heavy atom. The molecule has 0 spiro atoms. The minimum Gasteiger partial charge on any atom is -0.0930 e. The van der Waals surface area contributed by atoms with Gasteiger partial charge in [0.15, 0.2) is 0 Å². The van der Waals surface area contributed by atoms with Gasteiger partial charge >= 0.3 is 0 Å². The van der Waals surface area contributed by atoms with Crippen molar-refractivity contribution in [1.29, 1.82) is 0 Å². The predicted molar refractivity (Wildman–Crippen MR) is 73.5 cm³/mol. The van der Waals surface area contributed by atoms with Crippen LogP contribution >= 0.6 is 23.2 Å². The molecule has 0 fully saturated rings. The molecule has 17 heavy (non-hydrogen) atoms. The molecule has 0 amide bonds. The van der Waals surface area contributed by atoms with E-state index in [1.165, 1.54) is 5.56 Å². The molecule has 0 radical (unpaired) electrons. The van der Waals surface area contributed by atoms with Crippen LogP contribution in [0.1, 0.15) is 11.1 Å². The van der Waals surface area contributed by atoms with E-state index in [0.717, 1.165) is 5.56 Å². The molecule has 0 aliphatic rings. The maximum atomic E-state index is 6.04. The second-order valence-electron chi connectivity index (χ2n) is 3.57. The SMILES string of the molecule is Clc1cccc(C#CCc2ccccc2)c1Cl. The van der Waals surface area contributed by atoms with Gasteiger partial charge in [0.25, 0.3) is 0 Å². The maximum Gasteiger partial charge on any atom is 0.0748 e. The van der Waals surface area contributed by atoms with Crippen molar-refractivity contribution in [2.75, 3.05) is 0 Å². The summed E-state index contributed by atoms with van der Waals surface area (Å²) in [7, 11) is 0. The van der Waals surface area contributed by atoms with E-state index in [1.54, 1.807) is 6.07 Å². The van der Waals surface area contributed by atoms with Gasteiger partial charge in [-0.25, -0.2) is 0 Å². The van der Waals surface area contributed by atoms with E-state index in [1.807, 2.05) is 42.5 Å². The van der Waals surface area contributed by atoms with E-state index < -0.39 is 0 Å². The van der Waals surface area contributed by atoms with Gasteiger partial charge in [-0.1, -0.05) is 71.4 Å². The second kappa shape index (κ2) is 5.77. The van der Waals surface area contributed by atoms with E-state index in [0.29, 0.717) is 16.5 Å². The van der Waals surface area contributed by atoms with Gasteiger partial charge in [0, 0.05) is 12.0 Å². The van der Waals surface area contributed by atoms with Gasteiger partial charge in [-0.3, -0.25) is 0 Å². The van der Waals surface area contributed by atoms with E-state index in [9.17, 15) is 0 Å². The normalized spacial score (nSPS) is 9.53. The lowest BCUT2D eigenvalue weighted by Crippen LogP contribution is -1.81.